The van der Waals surface area contributed by atoms with Crippen molar-refractivity contribution in [1.82, 2.24) is 4.98 Å². The largest absolute Gasteiger partial charge is 0.397 e. The number of nitrogen functional groups attached to an aromatic ring is 1. The maximum Gasteiger partial charge on any atom is 0.305 e. The lowest BCUT2D eigenvalue weighted by molar-refractivity contribution is 1.41. The number of aromatic amines is 1. The molecule has 1 aromatic heterocycles. The number of fused-ring (bicyclic) bond motifs is 1. The SMILES string of the molecule is Nc1cc2sc(=O)[nH]c2cc1Cl. The van der Waals surface area contributed by atoms with Gasteiger partial charge in [-0.3, -0.25) is 4.79 Å². The number of anilines is 1. The van der Waals surface area contributed by atoms with Crippen molar-refractivity contribution in [2.75, 3.05) is 5.73 Å². The second-order valence-corrected chi connectivity index (χ2v) is 3.81. The molecule has 1 aromatic carbocycles. The van der Waals surface area contributed by atoms with E-state index in [4.69, 9.17) is 17.3 Å². The van der Waals surface area contributed by atoms with Gasteiger partial charge >= 0.3 is 4.87 Å². The van der Waals surface area contributed by atoms with Crippen LogP contribution in [0.3, 0.4) is 0 Å². The van der Waals surface area contributed by atoms with Crippen molar-refractivity contribution >= 4 is 38.8 Å². The Hall–Kier alpha value is -1.00. The minimum atomic E-state index is -0.0910. The van der Waals surface area contributed by atoms with Gasteiger partial charge in [0.05, 0.1) is 20.9 Å². The zero-order valence-corrected chi connectivity index (χ0v) is 7.50. The average molecular weight is 201 g/mol. The summed E-state index contributed by atoms with van der Waals surface area (Å²) in [6.45, 7) is 0. The first kappa shape index (κ1) is 7.64. The number of H-pyrrole nitrogens is 1. The molecule has 0 fully saturated rings. The van der Waals surface area contributed by atoms with Gasteiger partial charge < -0.3 is 10.7 Å². The number of thiazole rings is 1. The van der Waals surface area contributed by atoms with Crippen molar-refractivity contribution in [3.8, 4) is 0 Å². The number of hydrogen-bond donors (Lipinski definition) is 2. The van der Waals surface area contributed by atoms with Gasteiger partial charge in [-0.05, 0) is 12.1 Å². The fourth-order valence-electron chi connectivity index (χ4n) is 0.987. The summed E-state index contributed by atoms with van der Waals surface area (Å²) in [5.41, 5.74) is 6.79. The van der Waals surface area contributed by atoms with Gasteiger partial charge in [-0.25, -0.2) is 0 Å². The first-order chi connectivity index (χ1) is 5.66. The van der Waals surface area contributed by atoms with Crippen LogP contribution in [0.4, 0.5) is 5.69 Å². The van der Waals surface area contributed by atoms with Crippen LogP contribution in [0.1, 0.15) is 0 Å². The van der Waals surface area contributed by atoms with Crippen LogP contribution in [0.25, 0.3) is 10.2 Å². The number of nitrogens with one attached hydrogen (secondary N) is 1. The maximum absolute atomic E-state index is 10.9. The molecule has 2 aromatic rings. The van der Waals surface area contributed by atoms with Gasteiger partial charge in [0.1, 0.15) is 0 Å². The standard InChI is InChI=1S/C7H5ClN2OS/c8-3-1-5-6(2-4(3)9)12-7(11)10-5/h1-2H,9H2,(H,10,11). The molecule has 0 saturated heterocycles. The van der Waals surface area contributed by atoms with Crippen molar-refractivity contribution in [2.24, 2.45) is 0 Å². The Balaban J connectivity index is 2.92. The summed E-state index contributed by atoms with van der Waals surface area (Å²) in [6, 6.07) is 3.35. The molecule has 3 nitrogen and oxygen atoms in total. The van der Waals surface area contributed by atoms with Crippen LogP contribution in [0, 0.1) is 0 Å². The highest BCUT2D eigenvalue weighted by molar-refractivity contribution is 7.16. The zero-order chi connectivity index (χ0) is 8.72. The molecule has 3 N–H and O–H groups in total. The van der Waals surface area contributed by atoms with Crippen LogP contribution in [0.5, 0.6) is 0 Å². The lowest BCUT2D eigenvalue weighted by Crippen LogP contribution is -1.89. The van der Waals surface area contributed by atoms with Crippen molar-refractivity contribution in [3.05, 3.63) is 26.8 Å². The molecule has 0 aliphatic rings. The van der Waals surface area contributed by atoms with E-state index in [0.29, 0.717) is 10.7 Å². The monoisotopic (exact) mass is 200 g/mol. The summed E-state index contributed by atoms with van der Waals surface area (Å²) in [5, 5.41) is 0.469. The molecule has 62 valence electrons. The second kappa shape index (κ2) is 2.50. The van der Waals surface area contributed by atoms with E-state index in [-0.39, 0.29) is 4.87 Å². The Kier molecular flexibility index (Phi) is 1.59. The molecular formula is C7H5ClN2OS. The Morgan fingerprint density at radius 3 is 3.00 bits per heavy atom. The quantitative estimate of drug-likeness (QED) is 0.638. The first-order valence-electron chi connectivity index (χ1n) is 3.24. The lowest BCUT2D eigenvalue weighted by atomic mass is 10.3. The number of nitrogens with two attached hydrogens (primary N) is 1. The van der Waals surface area contributed by atoms with Crippen LogP contribution in [0.15, 0.2) is 16.9 Å². The fraction of sp³-hybridized carbons (Fsp3) is 0. The van der Waals surface area contributed by atoms with Crippen LogP contribution in [-0.2, 0) is 0 Å². The Morgan fingerprint density at radius 2 is 2.25 bits per heavy atom. The molecule has 0 radical (unpaired) electrons. The predicted molar refractivity (Wildman–Crippen MR) is 51.9 cm³/mol. The first-order valence-corrected chi connectivity index (χ1v) is 4.44. The molecule has 1 heterocycles. The molecule has 0 saturated carbocycles. The van der Waals surface area contributed by atoms with E-state index in [0.717, 1.165) is 21.6 Å². The topological polar surface area (TPSA) is 58.9 Å². The molecule has 0 amide bonds. The van der Waals surface area contributed by atoms with Gasteiger partial charge in [0, 0.05) is 0 Å². The summed E-state index contributed by atoms with van der Waals surface area (Å²) >= 11 is 6.88. The van der Waals surface area contributed by atoms with Crippen molar-refractivity contribution in [1.29, 1.82) is 0 Å². The summed E-state index contributed by atoms with van der Waals surface area (Å²) in [5.74, 6) is 0. The maximum atomic E-state index is 10.9. The van der Waals surface area contributed by atoms with E-state index in [1.165, 1.54) is 0 Å². The van der Waals surface area contributed by atoms with Crippen molar-refractivity contribution < 1.29 is 0 Å². The van der Waals surface area contributed by atoms with Gasteiger partial charge in [0.15, 0.2) is 0 Å². The molecular weight excluding hydrogens is 196 g/mol. The summed E-state index contributed by atoms with van der Waals surface area (Å²) in [4.78, 5) is 13.4. The molecule has 0 atom stereocenters. The number of aromatic nitrogens is 1. The van der Waals surface area contributed by atoms with Gasteiger partial charge in [-0.1, -0.05) is 22.9 Å². The van der Waals surface area contributed by atoms with Gasteiger partial charge in [0.2, 0.25) is 0 Å². The van der Waals surface area contributed by atoms with Crippen LogP contribution in [-0.4, -0.2) is 4.98 Å². The van der Waals surface area contributed by atoms with E-state index < -0.39 is 0 Å². The van der Waals surface area contributed by atoms with Gasteiger partial charge in [-0.2, -0.15) is 0 Å². The van der Waals surface area contributed by atoms with Crippen LogP contribution < -0.4 is 10.6 Å². The summed E-state index contributed by atoms with van der Waals surface area (Å²) in [6.07, 6.45) is 0. The molecule has 5 heteroatoms. The highest BCUT2D eigenvalue weighted by atomic mass is 35.5. The van der Waals surface area contributed by atoms with Gasteiger partial charge in [-0.15, -0.1) is 0 Å². The third-order valence-electron chi connectivity index (χ3n) is 1.54. The summed E-state index contributed by atoms with van der Waals surface area (Å²) in [7, 11) is 0. The minimum absolute atomic E-state index is 0.0910. The molecule has 0 spiro atoms. The average Bonchev–Trinajstić information content (AvgIpc) is 2.30. The van der Waals surface area contributed by atoms with E-state index in [2.05, 4.69) is 4.98 Å². The fourth-order valence-corrected chi connectivity index (χ4v) is 1.92. The van der Waals surface area contributed by atoms with Crippen LogP contribution >= 0.6 is 22.9 Å². The number of rotatable bonds is 0. The smallest absolute Gasteiger partial charge is 0.305 e. The Bertz CT molecular complexity index is 446. The molecule has 0 unspecified atom stereocenters. The van der Waals surface area contributed by atoms with E-state index in [9.17, 15) is 4.79 Å². The van der Waals surface area contributed by atoms with Crippen LogP contribution in [0.2, 0.25) is 5.02 Å². The second-order valence-electron chi connectivity index (χ2n) is 2.38. The normalized spacial score (nSPS) is 10.8. The zero-order valence-electron chi connectivity index (χ0n) is 5.93. The highest BCUT2D eigenvalue weighted by Gasteiger charge is 2.02. The van der Waals surface area contributed by atoms with E-state index in [1.807, 2.05) is 0 Å². The Labute approximate surface area is 76.8 Å². The Morgan fingerprint density at radius 1 is 1.50 bits per heavy atom. The lowest BCUT2D eigenvalue weighted by Gasteiger charge is -1.95. The molecule has 0 aliphatic heterocycles. The highest BCUT2D eigenvalue weighted by Crippen LogP contribution is 2.25. The minimum Gasteiger partial charge on any atom is -0.397 e. The van der Waals surface area contributed by atoms with E-state index in [1.54, 1.807) is 12.1 Å². The van der Waals surface area contributed by atoms with Gasteiger partial charge in [0.25, 0.3) is 0 Å². The molecule has 0 aliphatic carbocycles. The third-order valence-corrected chi connectivity index (χ3v) is 2.71. The number of halogens is 1. The van der Waals surface area contributed by atoms with E-state index >= 15 is 0 Å². The predicted octanol–water partition coefficient (Wildman–Crippen LogP) is 1.83. The van der Waals surface area contributed by atoms with Crippen molar-refractivity contribution in [3.63, 3.8) is 0 Å². The third kappa shape index (κ3) is 1.09. The summed E-state index contributed by atoms with van der Waals surface area (Å²) < 4.78 is 0.835. The number of hydrogen-bond acceptors (Lipinski definition) is 3. The molecule has 0 bridgehead atoms. The van der Waals surface area contributed by atoms with Crippen molar-refractivity contribution in [2.45, 2.75) is 0 Å². The molecule has 12 heavy (non-hydrogen) atoms. The molecule has 2 rings (SSSR count). The number of benzene rings is 1.